The van der Waals surface area contributed by atoms with E-state index in [2.05, 4.69) is 42.7 Å². The minimum absolute atomic E-state index is 0.309. The lowest BCUT2D eigenvalue weighted by atomic mass is 10.1. The van der Waals surface area contributed by atoms with Gasteiger partial charge in [0.15, 0.2) is 0 Å². The topological polar surface area (TPSA) is 17.8 Å². The number of hydrogen-bond acceptors (Lipinski definition) is 1. The number of imidazole rings is 1. The summed E-state index contributed by atoms with van der Waals surface area (Å²) < 4.78 is 2.37. The van der Waals surface area contributed by atoms with Crippen LogP contribution in [0.3, 0.4) is 0 Å². The molecule has 1 aromatic heterocycles. The van der Waals surface area contributed by atoms with Crippen molar-refractivity contribution in [2.75, 3.05) is 0 Å². The Hall–Kier alpha value is -1.02. The number of aromatic nitrogens is 2. The van der Waals surface area contributed by atoms with E-state index in [0.29, 0.717) is 5.38 Å². The number of alkyl halides is 1. The molecule has 1 heterocycles. The zero-order valence-corrected chi connectivity index (χ0v) is 12.7. The van der Waals surface area contributed by atoms with Crippen molar-refractivity contribution in [1.29, 1.82) is 0 Å². The van der Waals surface area contributed by atoms with Crippen LogP contribution in [-0.2, 0) is 13.0 Å². The van der Waals surface area contributed by atoms with E-state index in [1.807, 2.05) is 0 Å². The summed E-state index contributed by atoms with van der Waals surface area (Å²) in [6.07, 6.45) is 5.41. The summed E-state index contributed by atoms with van der Waals surface area (Å²) in [6, 6.07) is 8.41. The molecule has 0 fully saturated rings. The molecular weight excluding hydrogens is 256 g/mol. The molecule has 0 aliphatic rings. The first-order valence-electron chi connectivity index (χ1n) is 7.34. The average Bonchev–Trinajstić information content (AvgIpc) is 2.77. The Labute approximate surface area is 120 Å². The van der Waals surface area contributed by atoms with Gasteiger partial charge in [-0.15, -0.1) is 11.6 Å². The highest BCUT2D eigenvalue weighted by atomic mass is 35.5. The summed E-state index contributed by atoms with van der Waals surface area (Å²) in [5.74, 6) is 1.21. The van der Waals surface area contributed by atoms with Crippen LogP contribution in [0.25, 0.3) is 11.0 Å². The molecule has 0 aliphatic heterocycles. The van der Waals surface area contributed by atoms with Crippen molar-refractivity contribution in [3.8, 4) is 0 Å². The van der Waals surface area contributed by atoms with E-state index >= 15 is 0 Å². The molecule has 0 radical (unpaired) electrons. The number of halogens is 1. The van der Waals surface area contributed by atoms with Crippen LogP contribution in [0.2, 0.25) is 0 Å². The highest BCUT2D eigenvalue weighted by Gasteiger charge is 2.10. The van der Waals surface area contributed by atoms with Crippen LogP contribution >= 0.6 is 11.6 Å². The van der Waals surface area contributed by atoms with E-state index in [0.717, 1.165) is 44.2 Å². The zero-order valence-electron chi connectivity index (χ0n) is 11.9. The summed E-state index contributed by atoms with van der Waals surface area (Å²) in [5, 5.41) is 0.309. The lowest BCUT2D eigenvalue weighted by Gasteiger charge is -2.09. The van der Waals surface area contributed by atoms with E-state index in [1.54, 1.807) is 0 Å². The van der Waals surface area contributed by atoms with Crippen LogP contribution in [0.4, 0.5) is 0 Å². The summed E-state index contributed by atoms with van der Waals surface area (Å²) in [7, 11) is 0. The first-order chi connectivity index (χ1) is 9.26. The molecular formula is C16H23ClN2. The largest absolute Gasteiger partial charge is 0.328 e. The van der Waals surface area contributed by atoms with Gasteiger partial charge in [-0.1, -0.05) is 26.0 Å². The van der Waals surface area contributed by atoms with Gasteiger partial charge < -0.3 is 4.57 Å². The Bertz CT molecular complexity index is 518. The number of aryl methyl sites for hydroxylation is 2. The number of para-hydroxylation sites is 2. The Morgan fingerprint density at radius 2 is 2.05 bits per heavy atom. The molecule has 1 unspecified atom stereocenters. The Morgan fingerprint density at radius 1 is 1.26 bits per heavy atom. The lowest BCUT2D eigenvalue weighted by Crippen LogP contribution is -2.05. The number of nitrogens with zero attached hydrogens (tertiary/aromatic N) is 2. The van der Waals surface area contributed by atoms with E-state index in [9.17, 15) is 0 Å². The fourth-order valence-electron chi connectivity index (χ4n) is 2.48. The molecule has 0 amide bonds. The van der Waals surface area contributed by atoms with Gasteiger partial charge >= 0.3 is 0 Å². The number of benzene rings is 1. The molecule has 2 aromatic rings. The Kier molecular flexibility index (Phi) is 5.26. The minimum Gasteiger partial charge on any atom is -0.328 e. The van der Waals surface area contributed by atoms with Crippen molar-refractivity contribution in [1.82, 2.24) is 9.55 Å². The summed E-state index contributed by atoms with van der Waals surface area (Å²) >= 11 is 6.18. The quantitative estimate of drug-likeness (QED) is 0.666. The monoisotopic (exact) mass is 278 g/mol. The SMILES string of the molecule is CCCn1c(CCCC(Cl)CC)nc2ccccc21. The second kappa shape index (κ2) is 6.95. The van der Waals surface area contributed by atoms with Crippen LogP contribution in [0, 0.1) is 0 Å². The summed E-state index contributed by atoms with van der Waals surface area (Å²) in [5.41, 5.74) is 2.38. The number of rotatable bonds is 7. The van der Waals surface area contributed by atoms with Crippen molar-refractivity contribution >= 4 is 22.6 Å². The van der Waals surface area contributed by atoms with Gasteiger partial charge in [-0.2, -0.15) is 0 Å². The molecule has 104 valence electrons. The van der Waals surface area contributed by atoms with Gasteiger partial charge in [0.05, 0.1) is 11.0 Å². The fraction of sp³-hybridized carbons (Fsp3) is 0.562. The van der Waals surface area contributed by atoms with Crippen LogP contribution in [0.5, 0.6) is 0 Å². The summed E-state index contributed by atoms with van der Waals surface area (Å²) in [6.45, 7) is 5.41. The van der Waals surface area contributed by atoms with Gasteiger partial charge in [0.2, 0.25) is 0 Å². The molecule has 1 aromatic carbocycles. The number of fused-ring (bicyclic) bond motifs is 1. The Balaban J connectivity index is 2.14. The van der Waals surface area contributed by atoms with Crippen LogP contribution < -0.4 is 0 Å². The fourth-order valence-corrected chi connectivity index (χ4v) is 2.63. The first kappa shape index (κ1) is 14.4. The highest BCUT2D eigenvalue weighted by molar-refractivity contribution is 6.20. The van der Waals surface area contributed by atoms with Crippen molar-refractivity contribution < 1.29 is 0 Å². The molecule has 0 saturated heterocycles. The highest BCUT2D eigenvalue weighted by Crippen LogP contribution is 2.19. The van der Waals surface area contributed by atoms with E-state index in [4.69, 9.17) is 16.6 Å². The predicted octanol–water partition coefficient (Wildman–Crippen LogP) is 4.79. The maximum atomic E-state index is 6.18. The second-order valence-electron chi connectivity index (χ2n) is 5.07. The third kappa shape index (κ3) is 3.50. The normalized spacial score (nSPS) is 13.0. The number of hydrogen-bond donors (Lipinski definition) is 0. The van der Waals surface area contributed by atoms with Crippen LogP contribution in [0.1, 0.15) is 45.4 Å². The van der Waals surface area contributed by atoms with Gasteiger partial charge in [0, 0.05) is 18.3 Å². The third-order valence-corrected chi connectivity index (χ3v) is 4.07. The smallest absolute Gasteiger partial charge is 0.109 e. The molecule has 0 N–H and O–H groups in total. The van der Waals surface area contributed by atoms with E-state index in [-0.39, 0.29) is 0 Å². The average molecular weight is 279 g/mol. The molecule has 0 saturated carbocycles. The van der Waals surface area contributed by atoms with Gasteiger partial charge in [-0.05, 0) is 37.8 Å². The minimum atomic E-state index is 0.309. The van der Waals surface area contributed by atoms with Crippen molar-refractivity contribution in [3.63, 3.8) is 0 Å². The molecule has 0 aliphatic carbocycles. The van der Waals surface area contributed by atoms with E-state index in [1.165, 1.54) is 11.3 Å². The van der Waals surface area contributed by atoms with Crippen LogP contribution in [-0.4, -0.2) is 14.9 Å². The maximum absolute atomic E-state index is 6.18. The van der Waals surface area contributed by atoms with Gasteiger partial charge in [0.25, 0.3) is 0 Å². The molecule has 1 atom stereocenters. The molecule has 3 heteroatoms. The van der Waals surface area contributed by atoms with Crippen molar-refractivity contribution in [2.45, 2.75) is 57.9 Å². The van der Waals surface area contributed by atoms with Gasteiger partial charge in [-0.3, -0.25) is 0 Å². The predicted molar refractivity (Wildman–Crippen MR) is 82.9 cm³/mol. The lowest BCUT2D eigenvalue weighted by molar-refractivity contribution is 0.611. The van der Waals surface area contributed by atoms with Crippen molar-refractivity contribution in [3.05, 3.63) is 30.1 Å². The summed E-state index contributed by atoms with van der Waals surface area (Å²) in [4.78, 5) is 4.77. The molecule has 19 heavy (non-hydrogen) atoms. The molecule has 2 rings (SSSR count). The van der Waals surface area contributed by atoms with Crippen LogP contribution in [0.15, 0.2) is 24.3 Å². The second-order valence-corrected chi connectivity index (χ2v) is 5.68. The van der Waals surface area contributed by atoms with Crippen molar-refractivity contribution in [2.24, 2.45) is 0 Å². The van der Waals surface area contributed by atoms with Gasteiger partial charge in [0.1, 0.15) is 5.82 Å². The standard InChI is InChI=1S/C16H23ClN2/c1-3-12-19-15-10-6-5-9-14(15)18-16(19)11-7-8-13(17)4-2/h5-6,9-10,13H,3-4,7-8,11-12H2,1-2H3. The Morgan fingerprint density at radius 3 is 2.79 bits per heavy atom. The first-order valence-corrected chi connectivity index (χ1v) is 7.78. The van der Waals surface area contributed by atoms with E-state index < -0.39 is 0 Å². The molecule has 0 spiro atoms. The molecule has 0 bridgehead atoms. The zero-order chi connectivity index (χ0) is 13.7. The third-order valence-electron chi connectivity index (χ3n) is 3.54. The van der Waals surface area contributed by atoms with Gasteiger partial charge in [-0.25, -0.2) is 4.98 Å². The molecule has 2 nitrogen and oxygen atoms in total. The maximum Gasteiger partial charge on any atom is 0.109 e.